The van der Waals surface area contributed by atoms with Crippen LogP contribution >= 0.6 is 11.6 Å². The van der Waals surface area contributed by atoms with Gasteiger partial charge >= 0.3 is 24.5 Å². The lowest BCUT2D eigenvalue weighted by Gasteiger charge is -2.33. The number of carbonyl (C=O) groups is 3. The molecule has 16 heteroatoms. The van der Waals surface area contributed by atoms with Gasteiger partial charge in [-0.05, 0) is 84.9 Å². The summed E-state index contributed by atoms with van der Waals surface area (Å²) in [5.41, 5.74) is -2.48. The van der Waals surface area contributed by atoms with E-state index in [1.807, 2.05) is 4.90 Å². The van der Waals surface area contributed by atoms with E-state index in [-0.39, 0.29) is 22.2 Å². The number of hydrogen-bond acceptors (Lipinski definition) is 9. The van der Waals surface area contributed by atoms with Crippen molar-refractivity contribution >= 4 is 41.5 Å². The average molecular weight is 722 g/mol. The first-order valence-electron chi connectivity index (χ1n) is 15.6. The predicted molar refractivity (Wildman–Crippen MR) is 180 cm³/mol. The number of hydrogen-bond donors (Lipinski definition) is 1. The normalized spacial score (nSPS) is 14.5. The largest absolute Gasteiger partial charge is 0.482 e. The monoisotopic (exact) mass is 721 g/mol. The van der Waals surface area contributed by atoms with Crippen molar-refractivity contribution in [1.82, 2.24) is 14.9 Å². The van der Waals surface area contributed by atoms with Gasteiger partial charge in [0.25, 0.3) is 0 Å². The van der Waals surface area contributed by atoms with E-state index < -0.39 is 47.3 Å². The highest BCUT2D eigenvalue weighted by atomic mass is 35.5. The number of rotatable bonds is 6. The van der Waals surface area contributed by atoms with Gasteiger partial charge in [0.1, 0.15) is 23.1 Å². The summed E-state index contributed by atoms with van der Waals surface area (Å²) in [5, 5.41) is 9.28. The minimum atomic E-state index is -4.74. The van der Waals surface area contributed by atoms with Crippen molar-refractivity contribution in [3.05, 3.63) is 64.9 Å². The number of amides is 3. The maximum atomic E-state index is 14.0. The second kappa shape index (κ2) is 14.6. The summed E-state index contributed by atoms with van der Waals surface area (Å²) in [6.45, 7) is 12.4. The van der Waals surface area contributed by atoms with Crippen molar-refractivity contribution in [3.8, 4) is 16.9 Å². The minimum Gasteiger partial charge on any atom is -0.482 e. The number of carbonyl (C=O) groups excluding carboxylic acids is 2. The molecular weight excluding hydrogens is 683 g/mol. The van der Waals surface area contributed by atoms with Gasteiger partial charge in [-0.25, -0.2) is 24.4 Å². The van der Waals surface area contributed by atoms with Crippen molar-refractivity contribution in [2.75, 3.05) is 36.0 Å². The highest BCUT2D eigenvalue weighted by molar-refractivity contribution is 6.30. The van der Waals surface area contributed by atoms with Gasteiger partial charge in [-0.3, -0.25) is 0 Å². The summed E-state index contributed by atoms with van der Waals surface area (Å²) in [5.74, 6) is -0.0237. The van der Waals surface area contributed by atoms with Crippen LogP contribution < -0.4 is 14.5 Å². The van der Waals surface area contributed by atoms with Crippen LogP contribution in [0.25, 0.3) is 11.1 Å². The van der Waals surface area contributed by atoms with Crippen LogP contribution in [-0.2, 0) is 15.7 Å². The number of piperazine rings is 1. The second-order valence-electron chi connectivity index (χ2n) is 13.5. The van der Waals surface area contributed by atoms with E-state index in [0.717, 1.165) is 18.2 Å². The molecule has 270 valence electrons. The molecule has 0 aliphatic carbocycles. The topological polar surface area (TPSA) is 135 Å². The minimum absolute atomic E-state index is 0.0372. The molecule has 0 bridgehead atoms. The Bertz CT molecular complexity index is 1690. The van der Waals surface area contributed by atoms with Gasteiger partial charge in [-0.1, -0.05) is 11.6 Å². The molecule has 1 unspecified atom stereocenters. The van der Waals surface area contributed by atoms with E-state index in [1.165, 1.54) is 24.1 Å². The van der Waals surface area contributed by atoms with Crippen LogP contribution in [0.15, 0.2) is 48.8 Å². The lowest BCUT2D eigenvalue weighted by Crippen LogP contribution is -2.48. The highest BCUT2D eigenvalue weighted by Gasteiger charge is 2.38. The fourth-order valence-electron chi connectivity index (χ4n) is 4.97. The van der Waals surface area contributed by atoms with Crippen LogP contribution in [0.3, 0.4) is 0 Å². The predicted octanol–water partition coefficient (Wildman–Crippen LogP) is 8.43. The van der Waals surface area contributed by atoms with Gasteiger partial charge in [0.05, 0.1) is 5.56 Å². The molecule has 1 aliphatic rings. The van der Waals surface area contributed by atoms with Crippen LogP contribution in [0.4, 0.5) is 39.2 Å². The molecule has 0 saturated carbocycles. The van der Waals surface area contributed by atoms with E-state index >= 15 is 0 Å². The van der Waals surface area contributed by atoms with E-state index in [9.17, 15) is 32.7 Å². The molecule has 1 aromatic carbocycles. The summed E-state index contributed by atoms with van der Waals surface area (Å²) in [4.78, 5) is 51.0. The van der Waals surface area contributed by atoms with Crippen molar-refractivity contribution < 1.29 is 46.9 Å². The zero-order chi connectivity index (χ0) is 37.2. The molecule has 1 aliphatic heterocycles. The number of pyridine rings is 2. The number of carboxylic acid groups (broad SMARTS) is 1. The molecule has 3 heterocycles. The first-order chi connectivity index (χ1) is 23.1. The molecule has 2 aromatic heterocycles. The van der Waals surface area contributed by atoms with Crippen molar-refractivity contribution in [3.63, 3.8) is 0 Å². The lowest BCUT2D eigenvalue weighted by molar-refractivity contribution is -0.138. The Hall–Kier alpha value is -4.79. The molecule has 3 amide bonds. The third-order valence-electron chi connectivity index (χ3n) is 7.21. The highest BCUT2D eigenvalue weighted by Crippen LogP contribution is 2.40. The standard InChI is InChI=1S/C34H39ClF3N5O7/c1-20(24-17-23(35)9-10-25(24)34(36,37)38)48-26-16-22(21-8-11-27(39-18-21)41-12-14-42(15-13-41)29(44)45)19-40-28(26)43(30(46)49-32(2,3)4)31(47)50-33(5,6)7/h8-11,16-20H,12-15H2,1-7H3,(H,44,45). The fourth-order valence-corrected chi connectivity index (χ4v) is 5.15. The van der Waals surface area contributed by atoms with Crippen LogP contribution in [0.1, 0.15) is 65.7 Å². The van der Waals surface area contributed by atoms with Crippen LogP contribution in [0.5, 0.6) is 5.75 Å². The Kier molecular flexibility index (Phi) is 11.1. The number of alkyl halides is 3. The number of aromatic nitrogens is 2. The van der Waals surface area contributed by atoms with Crippen molar-refractivity contribution in [2.45, 2.75) is 71.9 Å². The molecule has 4 rings (SSSR count). The molecule has 1 saturated heterocycles. The lowest BCUT2D eigenvalue weighted by atomic mass is 10.0. The summed E-state index contributed by atoms with van der Waals surface area (Å²) in [7, 11) is 0. The van der Waals surface area contributed by atoms with Gasteiger partial charge < -0.3 is 29.1 Å². The first kappa shape index (κ1) is 38.0. The molecule has 1 N–H and O–H groups in total. The Morgan fingerprint density at radius 1 is 0.860 bits per heavy atom. The molecule has 1 atom stereocenters. The van der Waals surface area contributed by atoms with E-state index in [0.29, 0.717) is 48.0 Å². The van der Waals surface area contributed by atoms with Gasteiger partial charge in [-0.15, -0.1) is 0 Å². The fraction of sp³-hybridized carbons (Fsp3) is 0.441. The van der Waals surface area contributed by atoms with Crippen LogP contribution in [-0.4, -0.2) is 75.6 Å². The smallest absolute Gasteiger partial charge is 0.425 e. The van der Waals surface area contributed by atoms with Gasteiger partial charge in [0.2, 0.25) is 0 Å². The van der Waals surface area contributed by atoms with Crippen LogP contribution in [0, 0.1) is 0 Å². The van der Waals surface area contributed by atoms with E-state index in [1.54, 1.807) is 59.9 Å². The third kappa shape index (κ3) is 9.67. The summed E-state index contributed by atoms with van der Waals surface area (Å²) in [6.07, 6.45) is -6.47. The van der Waals surface area contributed by atoms with Crippen molar-refractivity contribution in [1.29, 1.82) is 0 Å². The maximum absolute atomic E-state index is 14.0. The number of anilines is 2. The molecule has 0 radical (unpaired) electrons. The van der Waals surface area contributed by atoms with Gasteiger partial charge in [-0.2, -0.15) is 18.1 Å². The van der Waals surface area contributed by atoms with E-state index in [2.05, 4.69) is 9.97 Å². The quantitative estimate of drug-likeness (QED) is 0.264. The third-order valence-corrected chi connectivity index (χ3v) is 7.45. The second-order valence-corrected chi connectivity index (χ2v) is 13.9. The SMILES string of the molecule is CC(Oc1cc(-c2ccc(N3CCN(C(=O)O)CC3)nc2)cnc1N(C(=O)OC(C)(C)C)C(=O)OC(C)(C)C)c1cc(Cl)ccc1C(F)(F)F. The Morgan fingerprint density at radius 2 is 1.44 bits per heavy atom. The zero-order valence-electron chi connectivity index (χ0n) is 28.7. The van der Waals surface area contributed by atoms with E-state index in [4.69, 9.17) is 25.8 Å². The van der Waals surface area contributed by atoms with Crippen molar-refractivity contribution in [2.24, 2.45) is 0 Å². The molecule has 50 heavy (non-hydrogen) atoms. The number of ether oxygens (including phenoxy) is 3. The molecule has 12 nitrogen and oxygen atoms in total. The number of benzene rings is 1. The zero-order valence-corrected chi connectivity index (χ0v) is 29.4. The average Bonchev–Trinajstić information content (AvgIpc) is 2.99. The Labute approximate surface area is 292 Å². The molecular formula is C34H39ClF3N5O7. The summed E-state index contributed by atoms with van der Waals surface area (Å²) >= 11 is 6.09. The molecule has 1 fully saturated rings. The molecule has 0 spiro atoms. The first-order valence-corrected chi connectivity index (χ1v) is 16.0. The summed E-state index contributed by atoms with van der Waals surface area (Å²) in [6, 6.07) is 7.97. The van der Waals surface area contributed by atoms with Gasteiger partial charge in [0.15, 0.2) is 11.6 Å². The van der Waals surface area contributed by atoms with Crippen LogP contribution in [0.2, 0.25) is 5.02 Å². The number of nitrogens with zero attached hydrogens (tertiary/aromatic N) is 5. The Morgan fingerprint density at radius 3 is 1.94 bits per heavy atom. The number of halogens is 4. The van der Waals surface area contributed by atoms with Gasteiger partial charge in [0, 0.05) is 60.3 Å². The maximum Gasteiger partial charge on any atom is 0.425 e. The number of imide groups is 1. The molecule has 3 aromatic rings. The Balaban J connectivity index is 1.79. The summed E-state index contributed by atoms with van der Waals surface area (Å²) < 4.78 is 59.2.